The van der Waals surface area contributed by atoms with E-state index >= 15 is 0 Å². The van der Waals surface area contributed by atoms with Crippen molar-refractivity contribution in [1.82, 2.24) is 0 Å². The molecule has 0 spiro atoms. The van der Waals surface area contributed by atoms with E-state index in [1.54, 1.807) is 18.2 Å². The zero-order chi connectivity index (χ0) is 14.5. The average Bonchev–Trinajstić information content (AvgIpc) is 2.40. The van der Waals surface area contributed by atoms with Crippen LogP contribution in [0.1, 0.15) is 11.1 Å². The Morgan fingerprint density at radius 1 is 1.20 bits per heavy atom. The monoisotopic (exact) mass is 272 g/mol. The Morgan fingerprint density at radius 2 is 1.90 bits per heavy atom. The van der Waals surface area contributed by atoms with Gasteiger partial charge in [-0.2, -0.15) is 0 Å². The topological polar surface area (TPSA) is 75.4 Å². The first-order chi connectivity index (χ1) is 9.54. The summed E-state index contributed by atoms with van der Waals surface area (Å²) in [5, 5.41) is 23.2. The zero-order valence-electron chi connectivity index (χ0n) is 11.2. The first-order valence-electron chi connectivity index (χ1n) is 6.32. The number of nitro groups is 1. The lowest BCUT2D eigenvalue weighted by molar-refractivity contribution is -0.384. The van der Waals surface area contributed by atoms with E-state index in [4.69, 9.17) is 0 Å². The third-order valence-corrected chi connectivity index (χ3v) is 2.95. The first kappa shape index (κ1) is 13.9. The Hall–Kier alpha value is -2.56. The first-order valence-corrected chi connectivity index (χ1v) is 6.32. The van der Waals surface area contributed by atoms with Crippen molar-refractivity contribution in [3.63, 3.8) is 0 Å². The molecule has 2 rings (SSSR count). The van der Waals surface area contributed by atoms with Gasteiger partial charge in [-0.1, -0.05) is 12.1 Å². The summed E-state index contributed by atoms with van der Waals surface area (Å²) in [6.45, 7) is 2.50. The second kappa shape index (κ2) is 6.06. The van der Waals surface area contributed by atoms with Crippen LogP contribution in [0.25, 0.3) is 0 Å². The number of phenols is 1. The number of nitro benzene ring substituents is 1. The fourth-order valence-electron chi connectivity index (χ4n) is 1.98. The Bertz CT molecular complexity index is 609. The number of hydrogen-bond acceptors (Lipinski definition) is 4. The normalized spacial score (nSPS) is 10.2. The summed E-state index contributed by atoms with van der Waals surface area (Å²) in [5.41, 5.74) is 2.79. The standard InChI is InChI=1S/C15H16N2O3/c1-11-8-13(10-14(9-11)17(19)20)16-7-6-12-2-4-15(18)5-3-12/h2-5,8-10,16,18H,6-7H2,1H3. The summed E-state index contributed by atoms with van der Waals surface area (Å²) in [4.78, 5) is 10.4. The summed E-state index contributed by atoms with van der Waals surface area (Å²) in [6.07, 6.45) is 0.780. The lowest BCUT2D eigenvalue weighted by Crippen LogP contribution is -2.05. The van der Waals surface area contributed by atoms with Crippen LogP contribution in [-0.4, -0.2) is 16.6 Å². The lowest BCUT2D eigenvalue weighted by atomic mass is 10.1. The van der Waals surface area contributed by atoms with E-state index in [0.29, 0.717) is 6.54 Å². The van der Waals surface area contributed by atoms with E-state index in [9.17, 15) is 15.2 Å². The number of benzene rings is 2. The molecule has 0 heterocycles. The smallest absolute Gasteiger partial charge is 0.271 e. The van der Waals surface area contributed by atoms with E-state index in [-0.39, 0.29) is 11.4 Å². The van der Waals surface area contributed by atoms with Crippen molar-refractivity contribution >= 4 is 11.4 Å². The van der Waals surface area contributed by atoms with Crippen molar-refractivity contribution in [2.75, 3.05) is 11.9 Å². The Morgan fingerprint density at radius 3 is 2.55 bits per heavy atom. The highest BCUT2D eigenvalue weighted by atomic mass is 16.6. The van der Waals surface area contributed by atoms with Crippen LogP contribution in [0.15, 0.2) is 42.5 Å². The Balaban J connectivity index is 1.97. The maximum absolute atomic E-state index is 10.8. The van der Waals surface area contributed by atoms with Crippen molar-refractivity contribution < 1.29 is 10.0 Å². The van der Waals surface area contributed by atoms with E-state index in [0.717, 1.165) is 23.2 Å². The molecule has 5 heteroatoms. The van der Waals surface area contributed by atoms with Crippen LogP contribution in [0.5, 0.6) is 5.75 Å². The van der Waals surface area contributed by atoms with Gasteiger partial charge in [-0.25, -0.2) is 0 Å². The molecule has 20 heavy (non-hydrogen) atoms. The number of nitrogens with one attached hydrogen (secondary N) is 1. The zero-order valence-corrected chi connectivity index (χ0v) is 11.2. The van der Waals surface area contributed by atoms with Crippen LogP contribution < -0.4 is 5.32 Å². The van der Waals surface area contributed by atoms with Crippen LogP contribution in [0.2, 0.25) is 0 Å². The van der Waals surface area contributed by atoms with E-state index in [2.05, 4.69) is 5.32 Å². The van der Waals surface area contributed by atoms with Gasteiger partial charge in [0.1, 0.15) is 5.75 Å². The fourth-order valence-corrected chi connectivity index (χ4v) is 1.98. The molecule has 0 aliphatic rings. The van der Waals surface area contributed by atoms with Crippen LogP contribution in [0.4, 0.5) is 11.4 Å². The SMILES string of the molecule is Cc1cc(NCCc2ccc(O)cc2)cc([N+](=O)[O-])c1. The Labute approximate surface area is 117 Å². The highest BCUT2D eigenvalue weighted by Gasteiger charge is 2.07. The molecule has 0 radical (unpaired) electrons. The van der Waals surface area contributed by atoms with E-state index < -0.39 is 4.92 Å². The highest BCUT2D eigenvalue weighted by Crippen LogP contribution is 2.20. The number of rotatable bonds is 5. The van der Waals surface area contributed by atoms with Gasteiger partial charge in [0.05, 0.1) is 4.92 Å². The summed E-state index contributed by atoms with van der Waals surface area (Å²) >= 11 is 0. The second-order valence-electron chi connectivity index (χ2n) is 4.66. The van der Waals surface area contributed by atoms with Crippen molar-refractivity contribution in [3.05, 3.63) is 63.7 Å². The summed E-state index contributed by atoms with van der Waals surface area (Å²) in [6, 6.07) is 12.0. The second-order valence-corrected chi connectivity index (χ2v) is 4.66. The molecule has 0 atom stereocenters. The molecule has 0 bridgehead atoms. The van der Waals surface area contributed by atoms with Crippen molar-refractivity contribution in [1.29, 1.82) is 0 Å². The molecular formula is C15H16N2O3. The predicted octanol–water partition coefficient (Wildman–Crippen LogP) is 3.26. The van der Waals surface area contributed by atoms with Gasteiger partial charge in [-0.3, -0.25) is 10.1 Å². The Kier molecular flexibility index (Phi) is 4.20. The van der Waals surface area contributed by atoms with Crippen LogP contribution in [0, 0.1) is 17.0 Å². The molecular weight excluding hydrogens is 256 g/mol. The minimum atomic E-state index is -0.391. The number of phenolic OH excluding ortho intramolecular Hbond substituents is 1. The maximum Gasteiger partial charge on any atom is 0.271 e. The molecule has 0 amide bonds. The largest absolute Gasteiger partial charge is 0.508 e. The number of nitrogens with zero attached hydrogens (tertiary/aromatic N) is 1. The fraction of sp³-hybridized carbons (Fsp3) is 0.200. The lowest BCUT2D eigenvalue weighted by Gasteiger charge is -2.07. The van der Waals surface area contributed by atoms with E-state index in [1.165, 1.54) is 6.07 Å². The summed E-state index contributed by atoms with van der Waals surface area (Å²) < 4.78 is 0. The molecule has 2 aromatic carbocycles. The minimum absolute atomic E-state index is 0.0946. The summed E-state index contributed by atoms with van der Waals surface area (Å²) in [5.74, 6) is 0.246. The van der Waals surface area contributed by atoms with Gasteiger partial charge in [-0.05, 0) is 42.7 Å². The van der Waals surface area contributed by atoms with Gasteiger partial charge in [0.25, 0.3) is 5.69 Å². The van der Waals surface area contributed by atoms with Gasteiger partial charge in [0, 0.05) is 24.4 Å². The maximum atomic E-state index is 10.8. The molecule has 0 aliphatic carbocycles. The molecule has 0 unspecified atom stereocenters. The van der Waals surface area contributed by atoms with E-state index in [1.807, 2.05) is 25.1 Å². The van der Waals surface area contributed by atoms with Crippen molar-refractivity contribution in [2.24, 2.45) is 0 Å². The van der Waals surface area contributed by atoms with Crippen LogP contribution in [-0.2, 0) is 6.42 Å². The van der Waals surface area contributed by atoms with Gasteiger partial charge >= 0.3 is 0 Å². The quantitative estimate of drug-likeness (QED) is 0.647. The van der Waals surface area contributed by atoms with Crippen LogP contribution >= 0.6 is 0 Å². The highest BCUT2D eigenvalue weighted by molar-refractivity contribution is 5.53. The number of anilines is 1. The third-order valence-electron chi connectivity index (χ3n) is 2.95. The predicted molar refractivity (Wildman–Crippen MR) is 78.1 cm³/mol. The minimum Gasteiger partial charge on any atom is -0.508 e. The van der Waals surface area contributed by atoms with Crippen LogP contribution in [0.3, 0.4) is 0 Å². The number of hydrogen-bond donors (Lipinski definition) is 2. The summed E-state index contributed by atoms with van der Waals surface area (Å²) in [7, 11) is 0. The molecule has 104 valence electrons. The molecule has 0 saturated carbocycles. The van der Waals surface area contributed by atoms with Gasteiger partial charge in [-0.15, -0.1) is 0 Å². The average molecular weight is 272 g/mol. The van der Waals surface area contributed by atoms with Gasteiger partial charge in [0.2, 0.25) is 0 Å². The molecule has 0 saturated heterocycles. The van der Waals surface area contributed by atoms with Crippen molar-refractivity contribution in [2.45, 2.75) is 13.3 Å². The molecule has 5 nitrogen and oxygen atoms in total. The number of aryl methyl sites for hydroxylation is 1. The number of non-ortho nitro benzene ring substituents is 1. The molecule has 0 aliphatic heterocycles. The number of aromatic hydroxyl groups is 1. The molecule has 0 fully saturated rings. The third kappa shape index (κ3) is 3.71. The van der Waals surface area contributed by atoms with Gasteiger partial charge in [0.15, 0.2) is 0 Å². The molecule has 2 aromatic rings. The molecule has 2 N–H and O–H groups in total. The van der Waals surface area contributed by atoms with Gasteiger partial charge < -0.3 is 10.4 Å². The van der Waals surface area contributed by atoms with Crippen molar-refractivity contribution in [3.8, 4) is 5.75 Å². The molecule has 0 aromatic heterocycles.